The zero-order valence-electron chi connectivity index (χ0n) is 11.0. The molecular weight excluding hydrogens is 264 g/mol. The third-order valence-corrected chi connectivity index (χ3v) is 3.65. The predicted octanol–water partition coefficient (Wildman–Crippen LogP) is 1.81. The van der Waals surface area contributed by atoms with E-state index < -0.39 is 0 Å². The quantitative estimate of drug-likeness (QED) is 0.800. The molecule has 0 spiro atoms. The van der Waals surface area contributed by atoms with E-state index >= 15 is 0 Å². The van der Waals surface area contributed by atoms with E-state index in [1.54, 1.807) is 11.3 Å². The molecule has 2 aromatic heterocycles. The lowest BCUT2D eigenvalue weighted by atomic mass is 10.1. The summed E-state index contributed by atoms with van der Waals surface area (Å²) in [5.41, 5.74) is 0.331. The lowest BCUT2D eigenvalue weighted by Gasteiger charge is -2.05. The fourth-order valence-electron chi connectivity index (χ4n) is 1.78. The summed E-state index contributed by atoms with van der Waals surface area (Å²) >= 11 is 1.57. The summed E-state index contributed by atoms with van der Waals surface area (Å²) in [7, 11) is 1.46. The first-order chi connectivity index (χ1) is 9.01. The number of thiophene rings is 1. The number of aryl methyl sites for hydroxylation is 2. The van der Waals surface area contributed by atoms with Crippen LogP contribution in [0.1, 0.15) is 20.1 Å². The average molecular weight is 278 g/mol. The minimum Gasteiger partial charge on any atom is -0.480 e. The van der Waals surface area contributed by atoms with Gasteiger partial charge in [-0.15, -0.1) is 16.4 Å². The third-order valence-electron chi connectivity index (χ3n) is 2.69. The van der Waals surface area contributed by atoms with Crippen molar-refractivity contribution in [3.8, 4) is 5.88 Å². The highest BCUT2D eigenvalue weighted by atomic mass is 32.1. The van der Waals surface area contributed by atoms with Crippen LogP contribution in [0.4, 0.5) is 0 Å². The molecule has 0 radical (unpaired) electrons. The van der Waals surface area contributed by atoms with Gasteiger partial charge in [0.1, 0.15) is 6.54 Å². The minimum atomic E-state index is -0.321. The molecule has 0 aliphatic heterocycles. The molecule has 0 amide bonds. The van der Waals surface area contributed by atoms with Gasteiger partial charge in [-0.05, 0) is 19.9 Å². The molecule has 100 valence electrons. The Morgan fingerprint density at radius 1 is 1.42 bits per heavy atom. The molecule has 0 atom stereocenters. The number of carbonyl (C=O) groups is 1. The number of hydrogen-bond acceptors (Lipinski definition) is 5. The van der Waals surface area contributed by atoms with Gasteiger partial charge in [-0.3, -0.25) is 9.59 Å². The molecule has 0 aliphatic rings. The Labute approximate surface area is 114 Å². The number of hydrogen-bond donors (Lipinski definition) is 0. The first kappa shape index (κ1) is 13.5. The zero-order valence-corrected chi connectivity index (χ0v) is 11.8. The number of methoxy groups -OCH3 is 1. The van der Waals surface area contributed by atoms with Crippen LogP contribution in [0, 0.1) is 13.8 Å². The van der Waals surface area contributed by atoms with E-state index in [1.807, 2.05) is 19.9 Å². The van der Waals surface area contributed by atoms with Crippen molar-refractivity contribution < 1.29 is 9.53 Å². The van der Waals surface area contributed by atoms with Crippen LogP contribution in [0.25, 0.3) is 0 Å². The van der Waals surface area contributed by atoms with Crippen molar-refractivity contribution >= 4 is 17.1 Å². The number of Topliss-reactive ketones (excluding diaryl/α,β-unsaturated/α-hetero) is 1. The maximum absolute atomic E-state index is 12.2. The van der Waals surface area contributed by atoms with Crippen LogP contribution in [-0.4, -0.2) is 22.7 Å². The van der Waals surface area contributed by atoms with Gasteiger partial charge in [-0.25, -0.2) is 4.68 Å². The van der Waals surface area contributed by atoms with E-state index in [0.717, 1.165) is 14.4 Å². The molecule has 0 saturated carbocycles. The Balaban J connectivity index is 2.28. The van der Waals surface area contributed by atoms with Crippen molar-refractivity contribution in [2.24, 2.45) is 0 Å². The van der Waals surface area contributed by atoms with E-state index in [4.69, 9.17) is 4.74 Å². The summed E-state index contributed by atoms with van der Waals surface area (Å²) in [5, 5.41) is 3.96. The molecular formula is C13H14N2O3S. The average Bonchev–Trinajstić information content (AvgIpc) is 2.71. The maximum Gasteiger partial charge on any atom is 0.267 e. The molecule has 5 nitrogen and oxygen atoms in total. The molecule has 2 aromatic rings. The molecule has 0 fully saturated rings. The zero-order chi connectivity index (χ0) is 14.0. The van der Waals surface area contributed by atoms with Gasteiger partial charge in [0, 0.05) is 27.5 Å². The van der Waals surface area contributed by atoms with Crippen LogP contribution in [0.2, 0.25) is 0 Å². The second-order valence-electron chi connectivity index (χ2n) is 4.12. The molecule has 2 heterocycles. The van der Waals surface area contributed by atoms with Crippen molar-refractivity contribution in [2.45, 2.75) is 20.4 Å². The lowest BCUT2D eigenvalue weighted by Crippen LogP contribution is -2.26. The second-order valence-corrected chi connectivity index (χ2v) is 5.58. The van der Waals surface area contributed by atoms with Crippen molar-refractivity contribution in [1.29, 1.82) is 0 Å². The summed E-state index contributed by atoms with van der Waals surface area (Å²) in [6.07, 6.45) is 0. The SMILES string of the molecule is COc1ccc(=O)n(CC(=O)c2cc(C)sc2C)n1. The third kappa shape index (κ3) is 2.90. The van der Waals surface area contributed by atoms with E-state index in [2.05, 4.69) is 5.10 Å². The van der Waals surface area contributed by atoms with Gasteiger partial charge in [0.25, 0.3) is 5.56 Å². The highest BCUT2D eigenvalue weighted by Crippen LogP contribution is 2.21. The fourth-order valence-corrected chi connectivity index (χ4v) is 2.72. The minimum absolute atomic E-state index is 0.0763. The smallest absolute Gasteiger partial charge is 0.267 e. The van der Waals surface area contributed by atoms with Crippen LogP contribution in [0.3, 0.4) is 0 Å². The van der Waals surface area contributed by atoms with Crippen LogP contribution in [0.5, 0.6) is 5.88 Å². The van der Waals surface area contributed by atoms with Crippen molar-refractivity contribution in [3.05, 3.63) is 43.9 Å². The fraction of sp³-hybridized carbons (Fsp3) is 0.308. The topological polar surface area (TPSA) is 61.2 Å². The number of aromatic nitrogens is 2. The van der Waals surface area contributed by atoms with Crippen LogP contribution in [0.15, 0.2) is 23.0 Å². The van der Waals surface area contributed by atoms with Gasteiger partial charge >= 0.3 is 0 Å². The van der Waals surface area contributed by atoms with Gasteiger partial charge in [-0.2, -0.15) is 0 Å². The number of rotatable bonds is 4. The number of carbonyl (C=O) groups excluding carboxylic acids is 1. The molecule has 6 heteroatoms. The summed E-state index contributed by atoms with van der Waals surface area (Å²) in [5.74, 6) is 0.190. The number of ketones is 1. The van der Waals surface area contributed by atoms with Crippen LogP contribution < -0.4 is 10.3 Å². The van der Waals surface area contributed by atoms with Gasteiger partial charge in [0.05, 0.1) is 7.11 Å². The lowest BCUT2D eigenvalue weighted by molar-refractivity contribution is 0.0965. The summed E-state index contributed by atoms with van der Waals surface area (Å²) in [6, 6.07) is 4.65. The van der Waals surface area contributed by atoms with E-state index in [1.165, 1.54) is 19.2 Å². The predicted molar refractivity (Wildman–Crippen MR) is 73.2 cm³/mol. The first-order valence-electron chi connectivity index (χ1n) is 5.73. The largest absolute Gasteiger partial charge is 0.480 e. The van der Waals surface area contributed by atoms with Crippen molar-refractivity contribution in [3.63, 3.8) is 0 Å². The Bertz CT molecular complexity index is 673. The van der Waals surface area contributed by atoms with E-state index in [0.29, 0.717) is 11.4 Å². The highest BCUT2D eigenvalue weighted by Gasteiger charge is 2.14. The molecule has 0 N–H and O–H groups in total. The summed E-state index contributed by atoms with van der Waals surface area (Å²) < 4.78 is 6.06. The summed E-state index contributed by atoms with van der Waals surface area (Å²) in [4.78, 5) is 25.8. The normalized spacial score (nSPS) is 10.5. The van der Waals surface area contributed by atoms with Crippen LogP contribution >= 0.6 is 11.3 Å². The Morgan fingerprint density at radius 3 is 2.74 bits per heavy atom. The van der Waals surface area contributed by atoms with Crippen molar-refractivity contribution in [2.75, 3.05) is 7.11 Å². The molecule has 0 aliphatic carbocycles. The summed E-state index contributed by atoms with van der Waals surface area (Å²) in [6.45, 7) is 3.77. The molecule has 19 heavy (non-hydrogen) atoms. The van der Waals surface area contributed by atoms with Gasteiger partial charge in [-0.1, -0.05) is 0 Å². The molecule has 0 aromatic carbocycles. The molecule has 0 bridgehead atoms. The molecule has 0 saturated heterocycles. The van der Waals surface area contributed by atoms with Crippen LogP contribution in [-0.2, 0) is 6.54 Å². The van der Waals surface area contributed by atoms with Crippen molar-refractivity contribution in [1.82, 2.24) is 9.78 Å². The molecule has 2 rings (SSSR count). The Kier molecular flexibility index (Phi) is 3.80. The van der Waals surface area contributed by atoms with Gasteiger partial charge < -0.3 is 4.74 Å². The Hall–Kier alpha value is -1.95. The first-order valence-corrected chi connectivity index (χ1v) is 6.55. The highest BCUT2D eigenvalue weighted by molar-refractivity contribution is 7.12. The Morgan fingerprint density at radius 2 is 2.16 bits per heavy atom. The number of ether oxygens (including phenoxy) is 1. The van der Waals surface area contributed by atoms with Gasteiger partial charge in [0.2, 0.25) is 5.88 Å². The molecule has 0 unspecified atom stereocenters. The van der Waals surface area contributed by atoms with E-state index in [-0.39, 0.29) is 17.9 Å². The van der Waals surface area contributed by atoms with E-state index in [9.17, 15) is 9.59 Å². The second kappa shape index (κ2) is 5.36. The maximum atomic E-state index is 12.2. The monoisotopic (exact) mass is 278 g/mol. The number of nitrogens with zero attached hydrogens (tertiary/aromatic N) is 2. The van der Waals surface area contributed by atoms with Gasteiger partial charge in [0.15, 0.2) is 5.78 Å². The standard InChI is InChI=1S/C13H14N2O3S/c1-8-6-10(9(2)19-8)11(16)7-15-13(17)5-4-12(14-15)18-3/h4-6H,7H2,1-3H3.